The highest BCUT2D eigenvalue weighted by Gasteiger charge is 2.24. The Morgan fingerprint density at radius 2 is 1.65 bits per heavy atom. The Balaban J connectivity index is 1.62. The summed E-state index contributed by atoms with van der Waals surface area (Å²) in [5, 5.41) is 8.58. The minimum atomic E-state index is -0.817. The maximum Gasteiger partial charge on any atom is 0.303 e. The van der Waals surface area contributed by atoms with Crippen LogP contribution in [-0.4, -0.2) is 59.5 Å². The second-order valence-corrected chi connectivity index (χ2v) is 6.08. The number of hydrogen-bond donors (Lipinski definition) is 1. The van der Waals surface area contributed by atoms with E-state index in [-0.39, 0.29) is 12.3 Å². The zero-order valence-corrected chi connectivity index (χ0v) is 12.2. The van der Waals surface area contributed by atoms with Crippen molar-refractivity contribution in [2.24, 2.45) is 5.92 Å². The SMILES string of the molecule is O=C(O)CCCC(=O)N1CCC(CN2CCCC2)CC1. The van der Waals surface area contributed by atoms with E-state index < -0.39 is 5.97 Å². The van der Waals surface area contributed by atoms with Crippen molar-refractivity contribution in [3.05, 3.63) is 0 Å². The van der Waals surface area contributed by atoms with E-state index >= 15 is 0 Å². The standard InChI is InChI=1S/C15H26N2O3/c18-14(4-3-5-15(19)20)17-10-6-13(7-11-17)12-16-8-1-2-9-16/h13H,1-12H2,(H,19,20). The first-order chi connectivity index (χ1) is 9.65. The number of hydrogen-bond acceptors (Lipinski definition) is 3. The molecule has 0 spiro atoms. The quantitative estimate of drug-likeness (QED) is 0.803. The molecule has 1 N–H and O–H groups in total. The second kappa shape index (κ2) is 7.62. The summed E-state index contributed by atoms with van der Waals surface area (Å²) in [5.41, 5.74) is 0. The molecule has 5 nitrogen and oxygen atoms in total. The van der Waals surface area contributed by atoms with Gasteiger partial charge in [0.05, 0.1) is 0 Å². The van der Waals surface area contributed by atoms with Crippen molar-refractivity contribution < 1.29 is 14.7 Å². The monoisotopic (exact) mass is 282 g/mol. The number of carboxylic acid groups (broad SMARTS) is 1. The molecule has 2 heterocycles. The molecular formula is C15H26N2O3. The van der Waals surface area contributed by atoms with E-state index in [2.05, 4.69) is 4.90 Å². The lowest BCUT2D eigenvalue weighted by Gasteiger charge is -2.34. The minimum Gasteiger partial charge on any atom is -0.481 e. The number of carbonyl (C=O) groups excluding carboxylic acids is 1. The third-order valence-corrected chi connectivity index (χ3v) is 4.46. The van der Waals surface area contributed by atoms with Crippen LogP contribution in [0.5, 0.6) is 0 Å². The number of carbonyl (C=O) groups is 2. The molecule has 0 atom stereocenters. The first-order valence-electron chi connectivity index (χ1n) is 7.87. The van der Waals surface area contributed by atoms with Crippen molar-refractivity contribution in [2.75, 3.05) is 32.7 Å². The lowest BCUT2D eigenvalue weighted by molar-refractivity contribution is -0.137. The number of nitrogens with zero attached hydrogens (tertiary/aromatic N) is 2. The predicted octanol–water partition coefficient (Wildman–Crippen LogP) is 1.58. The molecule has 2 saturated heterocycles. The highest BCUT2D eigenvalue weighted by molar-refractivity contribution is 5.77. The summed E-state index contributed by atoms with van der Waals surface area (Å²) in [6.07, 6.45) is 5.80. The first kappa shape index (κ1) is 15.3. The number of likely N-dealkylation sites (tertiary alicyclic amines) is 2. The van der Waals surface area contributed by atoms with Gasteiger partial charge >= 0.3 is 5.97 Å². The molecule has 2 aliphatic heterocycles. The van der Waals surface area contributed by atoms with Crippen molar-refractivity contribution in [3.63, 3.8) is 0 Å². The molecule has 0 aromatic heterocycles. The summed E-state index contributed by atoms with van der Waals surface area (Å²) in [6, 6.07) is 0. The molecule has 2 aliphatic rings. The van der Waals surface area contributed by atoms with Gasteiger partial charge in [-0.25, -0.2) is 0 Å². The molecule has 20 heavy (non-hydrogen) atoms. The smallest absolute Gasteiger partial charge is 0.303 e. The first-order valence-corrected chi connectivity index (χ1v) is 7.87. The zero-order chi connectivity index (χ0) is 14.4. The van der Waals surface area contributed by atoms with Gasteiger partial charge in [-0.3, -0.25) is 9.59 Å². The van der Waals surface area contributed by atoms with Crippen LogP contribution in [0.2, 0.25) is 0 Å². The Labute approximate surface area is 120 Å². The normalized spacial score (nSPS) is 21.3. The minimum absolute atomic E-state index is 0.0944. The van der Waals surface area contributed by atoms with E-state index in [0.29, 0.717) is 12.8 Å². The van der Waals surface area contributed by atoms with Gasteiger partial charge in [-0.05, 0) is 51.1 Å². The van der Waals surface area contributed by atoms with Crippen LogP contribution in [-0.2, 0) is 9.59 Å². The van der Waals surface area contributed by atoms with Gasteiger partial charge in [0, 0.05) is 32.5 Å². The van der Waals surface area contributed by atoms with Gasteiger partial charge in [-0.2, -0.15) is 0 Å². The van der Waals surface area contributed by atoms with Gasteiger partial charge in [-0.15, -0.1) is 0 Å². The van der Waals surface area contributed by atoms with E-state index in [4.69, 9.17) is 5.11 Å². The molecule has 0 aromatic rings. The average molecular weight is 282 g/mol. The van der Waals surface area contributed by atoms with Gasteiger partial charge < -0.3 is 14.9 Å². The lowest BCUT2D eigenvalue weighted by Crippen LogP contribution is -2.41. The third-order valence-electron chi connectivity index (χ3n) is 4.46. The fourth-order valence-corrected chi connectivity index (χ4v) is 3.24. The molecule has 114 valence electrons. The molecular weight excluding hydrogens is 256 g/mol. The largest absolute Gasteiger partial charge is 0.481 e. The molecule has 0 saturated carbocycles. The molecule has 0 bridgehead atoms. The zero-order valence-electron chi connectivity index (χ0n) is 12.2. The summed E-state index contributed by atoms with van der Waals surface area (Å²) in [7, 11) is 0. The van der Waals surface area contributed by atoms with Gasteiger partial charge in [0.25, 0.3) is 0 Å². The van der Waals surface area contributed by atoms with Crippen LogP contribution in [0.15, 0.2) is 0 Å². The third kappa shape index (κ3) is 4.78. The summed E-state index contributed by atoms with van der Waals surface area (Å²) in [6.45, 7) is 5.39. The number of amides is 1. The predicted molar refractivity (Wildman–Crippen MR) is 76.5 cm³/mol. The maximum atomic E-state index is 12.0. The highest BCUT2D eigenvalue weighted by atomic mass is 16.4. The topological polar surface area (TPSA) is 60.9 Å². The molecule has 5 heteroatoms. The van der Waals surface area contributed by atoms with E-state index in [1.807, 2.05) is 4.90 Å². The lowest BCUT2D eigenvalue weighted by atomic mass is 9.96. The van der Waals surface area contributed by atoms with Crippen molar-refractivity contribution in [1.29, 1.82) is 0 Å². The van der Waals surface area contributed by atoms with E-state index in [1.54, 1.807) is 0 Å². The Morgan fingerprint density at radius 1 is 1.00 bits per heavy atom. The Bertz CT molecular complexity index is 332. The van der Waals surface area contributed by atoms with Gasteiger partial charge in [0.2, 0.25) is 5.91 Å². The molecule has 2 rings (SSSR count). The summed E-state index contributed by atoms with van der Waals surface area (Å²) < 4.78 is 0. The Hall–Kier alpha value is -1.10. The van der Waals surface area contributed by atoms with Crippen molar-refractivity contribution >= 4 is 11.9 Å². The summed E-state index contributed by atoms with van der Waals surface area (Å²) in [5.74, 6) is 0.0455. The maximum absolute atomic E-state index is 12.0. The Morgan fingerprint density at radius 3 is 2.25 bits per heavy atom. The highest BCUT2D eigenvalue weighted by Crippen LogP contribution is 2.21. The van der Waals surface area contributed by atoms with E-state index in [1.165, 1.54) is 32.5 Å². The van der Waals surface area contributed by atoms with Gasteiger partial charge in [0.1, 0.15) is 0 Å². The van der Waals surface area contributed by atoms with Crippen LogP contribution in [0.3, 0.4) is 0 Å². The molecule has 1 amide bonds. The van der Waals surface area contributed by atoms with Crippen LogP contribution in [0.4, 0.5) is 0 Å². The van der Waals surface area contributed by atoms with Crippen molar-refractivity contribution in [3.8, 4) is 0 Å². The van der Waals surface area contributed by atoms with Gasteiger partial charge in [0.15, 0.2) is 0 Å². The van der Waals surface area contributed by atoms with Crippen LogP contribution < -0.4 is 0 Å². The Kier molecular flexibility index (Phi) is 5.83. The molecule has 0 unspecified atom stereocenters. The van der Waals surface area contributed by atoms with Crippen molar-refractivity contribution in [2.45, 2.75) is 44.9 Å². The average Bonchev–Trinajstić information content (AvgIpc) is 2.92. The number of carboxylic acids is 1. The number of rotatable bonds is 6. The fourth-order valence-electron chi connectivity index (χ4n) is 3.24. The molecule has 2 fully saturated rings. The van der Waals surface area contributed by atoms with Crippen LogP contribution in [0, 0.1) is 5.92 Å². The van der Waals surface area contributed by atoms with Gasteiger partial charge in [-0.1, -0.05) is 0 Å². The summed E-state index contributed by atoms with van der Waals surface area (Å²) >= 11 is 0. The number of aliphatic carboxylic acids is 1. The second-order valence-electron chi connectivity index (χ2n) is 6.08. The fraction of sp³-hybridized carbons (Fsp3) is 0.867. The van der Waals surface area contributed by atoms with Crippen LogP contribution >= 0.6 is 0 Å². The molecule has 0 radical (unpaired) electrons. The van der Waals surface area contributed by atoms with Crippen LogP contribution in [0.1, 0.15) is 44.9 Å². The molecule has 0 aliphatic carbocycles. The van der Waals surface area contributed by atoms with E-state index in [0.717, 1.165) is 31.8 Å². The summed E-state index contributed by atoms with van der Waals surface area (Å²) in [4.78, 5) is 26.9. The number of piperidine rings is 1. The van der Waals surface area contributed by atoms with E-state index in [9.17, 15) is 9.59 Å². The van der Waals surface area contributed by atoms with Crippen molar-refractivity contribution in [1.82, 2.24) is 9.80 Å². The molecule has 0 aromatic carbocycles. The van der Waals surface area contributed by atoms with Crippen LogP contribution in [0.25, 0.3) is 0 Å².